The van der Waals surface area contributed by atoms with Crippen LogP contribution in [0.15, 0.2) is 12.4 Å². The Morgan fingerprint density at radius 2 is 2.44 bits per heavy atom. The van der Waals surface area contributed by atoms with Crippen LogP contribution in [0, 0.1) is 5.92 Å². The summed E-state index contributed by atoms with van der Waals surface area (Å²) in [6.07, 6.45) is 4.80. The van der Waals surface area contributed by atoms with Crippen molar-refractivity contribution in [3.8, 4) is 0 Å². The zero-order valence-electron chi connectivity index (χ0n) is 9.59. The number of nitrogens with one attached hydrogen (secondary N) is 1. The van der Waals surface area contributed by atoms with E-state index in [0.717, 1.165) is 13.0 Å². The van der Waals surface area contributed by atoms with Crippen LogP contribution in [0.1, 0.15) is 19.8 Å². The van der Waals surface area contributed by atoms with E-state index in [2.05, 4.69) is 15.6 Å². The fraction of sp³-hybridized carbons (Fsp3) is 0.700. The van der Waals surface area contributed by atoms with Crippen LogP contribution in [0.3, 0.4) is 0 Å². The Kier molecular flexibility index (Phi) is 5.49. The number of nitrogens with zero attached hydrogens (tertiary/aromatic N) is 3. The molecule has 6 nitrogen and oxygen atoms in total. The Labute approximate surface area is 95.2 Å². The van der Waals surface area contributed by atoms with E-state index in [-0.39, 0.29) is 11.8 Å². The molecule has 0 aliphatic rings. The average Bonchev–Trinajstić information content (AvgIpc) is 2.77. The van der Waals surface area contributed by atoms with Crippen molar-refractivity contribution in [3.05, 3.63) is 12.4 Å². The first-order valence-corrected chi connectivity index (χ1v) is 5.53. The quantitative estimate of drug-likeness (QED) is 0.628. The first-order valence-electron chi connectivity index (χ1n) is 5.53. The SMILES string of the molecule is CC(CN)CC(=O)NCCCn1ccnn1. The summed E-state index contributed by atoms with van der Waals surface area (Å²) in [5.41, 5.74) is 5.44. The van der Waals surface area contributed by atoms with Crippen molar-refractivity contribution >= 4 is 5.91 Å². The van der Waals surface area contributed by atoms with Crippen LogP contribution in [0.4, 0.5) is 0 Å². The van der Waals surface area contributed by atoms with Gasteiger partial charge in [-0.1, -0.05) is 12.1 Å². The molecule has 0 saturated carbocycles. The van der Waals surface area contributed by atoms with Crippen LogP contribution in [-0.4, -0.2) is 34.0 Å². The van der Waals surface area contributed by atoms with Gasteiger partial charge in [-0.15, -0.1) is 5.10 Å². The number of nitrogens with two attached hydrogens (primary N) is 1. The zero-order valence-corrected chi connectivity index (χ0v) is 9.59. The van der Waals surface area contributed by atoms with Crippen LogP contribution in [0.5, 0.6) is 0 Å². The van der Waals surface area contributed by atoms with Crippen molar-refractivity contribution in [2.24, 2.45) is 11.7 Å². The molecular formula is C10H19N5O. The highest BCUT2D eigenvalue weighted by Gasteiger charge is 2.06. The number of amides is 1. The Balaban J connectivity index is 2.04. The maximum absolute atomic E-state index is 11.4. The second kappa shape index (κ2) is 6.95. The van der Waals surface area contributed by atoms with Gasteiger partial charge in [-0.3, -0.25) is 9.48 Å². The van der Waals surface area contributed by atoms with Crippen molar-refractivity contribution in [1.29, 1.82) is 0 Å². The van der Waals surface area contributed by atoms with Gasteiger partial charge in [0.15, 0.2) is 0 Å². The summed E-state index contributed by atoms with van der Waals surface area (Å²) >= 11 is 0. The van der Waals surface area contributed by atoms with Crippen LogP contribution < -0.4 is 11.1 Å². The lowest BCUT2D eigenvalue weighted by Gasteiger charge is -2.08. The number of carbonyl (C=O) groups excluding carboxylic acids is 1. The van der Waals surface area contributed by atoms with Gasteiger partial charge in [0, 0.05) is 25.7 Å². The Morgan fingerprint density at radius 1 is 1.62 bits per heavy atom. The van der Waals surface area contributed by atoms with Crippen LogP contribution in [0.25, 0.3) is 0 Å². The van der Waals surface area contributed by atoms with Crippen molar-refractivity contribution < 1.29 is 4.79 Å². The summed E-state index contributed by atoms with van der Waals surface area (Å²) in [7, 11) is 0. The van der Waals surface area contributed by atoms with Gasteiger partial charge in [0.05, 0.1) is 6.20 Å². The second-order valence-corrected chi connectivity index (χ2v) is 3.91. The first kappa shape index (κ1) is 12.6. The topological polar surface area (TPSA) is 85.8 Å². The lowest BCUT2D eigenvalue weighted by Crippen LogP contribution is -2.28. The van der Waals surface area contributed by atoms with Gasteiger partial charge in [0.2, 0.25) is 5.91 Å². The van der Waals surface area contributed by atoms with E-state index in [1.54, 1.807) is 17.1 Å². The minimum Gasteiger partial charge on any atom is -0.356 e. The summed E-state index contributed by atoms with van der Waals surface area (Å²) in [5, 5.41) is 10.4. The van der Waals surface area contributed by atoms with Crippen molar-refractivity contribution in [3.63, 3.8) is 0 Å². The highest BCUT2D eigenvalue weighted by molar-refractivity contribution is 5.76. The molecule has 0 bridgehead atoms. The molecular weight excluding hydrogens is 206 g/mol. The van der Waals surface area contributed by atoms with Crippen LogP contribution in [0.2, 0.25) is 0 Å². The third-order valence-electron chi connectivity index (χ3n) is 2.29. The average molecular weight is 225 g/mol. The zero-order chi connectivity index (χ0) is 11.8. The lowest BCUT2D eigenvalue weighted by atomic mass is 10.1. The molecule has 1 amide bonds. The smallest absolute Gasteiger partial charge is 0.220 e. The van der Waals surface area contributed by atoms with E-state index in [1.165, 1.54) is 0 Å². The van der Waals surface area contributed by atoms with Crippen LogP contribution in [-0.2, 0) is 11.3 Å². The van der Waals surface area contributed by atoms with Crippen LogP contribution >= 0.6 is 0 Å². The standard InChI is InChI=1S/C10H19N5O/c1-9(8-11)7-10(16)12-3-2-5-15-6-4-13-14-15/h4,6,9H,2-3,5,7-8,11H2,1H3,(H,12,16). The molecule has 0 fully saturated rings. The highest BCUT2D eigenvalue weighted by Crippen LogP contribution is 1.97. The number of rotatable bonds is 7. The van der Waals surface area contributed by atoms with Gasteiger partial charge in [-0.05, 0) is 18.9 Å². The van der Waals surface area contributed by atoms with Gasteiger partial charge >= 0.3 is 0 Å². The summed E-state index contributed by atoms with van der Waals surface area (Å²) in [5.74, 6) is 0.312. The summed E-state index contributed by atoms with van der Waals surface area (Å²) in [6, 6.07) is 0. The first-order chi connectivity index (χ1) is 7.72. The van der Waals surface area contributed by atoms with Gasteiger partial charge in [0.25, 0.3) is 0 Å². The number of carbonyl (C=O) groups is 1. The molecule has 16 heavy (non-hydrogen) atoms. The predicted octanol–water partition coefficient (Wildman–Crippen LogP) is -0.231. The van der Waals surface area contributed by atoms with Crippen molar-refractivity contribution in [2.45, 2.75) is 26.3 Å². The molecule has 1 rings (SSSR count). The predicted molar refractivity (Wildman–Crippen MR) is 60.5 cm³/mol. The van der Waals surface area contributed by atoms with E-state index < -0.39 is 0 Å². The maximum atomic E-state index is 11.4. The van der Waals surface area contributed by atoms with Gasteiger partial charge in [-0.25, -0.2) is 0 Å². The van der Waals surface area contributed by atoms with Gasteiger partial charge in [-0.2, -0.15) is 0 Å². The largest absolute Gasteiger partial charge is 0.356 e. The molecule has 1 aromatic rings. The highest BCUT2D eigenvalue weighted by atomic mass is 16.1. The normalized spacial score (nSPS) is 12.4. The van der Waals surface area contributed by atoms with E-state index in [4.69, 9.17) is 5.73 Å². The molecule has 1 atom stereocenters. The molecule has 0 aromatic carbocycles. The number of hydrogen-bond donors (Lipinski definition) is 2. The summed E-state index contributed by atoms with van der Waals surface area (Å²) in [6.45, 7) is 3.95. The molecule has 3 N–H and O–H groups in total. The summed E-state index contributed by atoms with van der Waals surface area (Å²) < 4.78 is 1.74. The fourth-order valence-electron chi connectivity index (χ4n) is 1.29. The van der Waals surface area contributed by atoms with Gasteiger partial charge in [0.1, 0.15) is 0 Å². The minimum absolute atomic E-state index is 0.0662. The Bertz CT molecular complexity index is 298. The number of aryl methyl sites for hydroxylation is 1. The molecule has 0 spiro atoms. The second-order valence-electron chi connectivity index (χ2n) is 3.91. The lowest BCUT2D eigenvalue weighted by molar-refractivity contribution is -0.121. The van der Waals surface area contributed by atoms with Gasteiger partial charge < -0.3 is 11.1 Å². The molecule has 0 aliphatic carbocycles. The van der Waals surface area contributed by atoms with Crippen molar-refractivity contribution in [2.75, 3.05) is 13.1 Å². The molecule has 1 aromatic heterocycles. The van der Waals surface area contributed by atoms with E-state index in [9.17, 15) is 4.79 Å². The third-order valence-corrected chi connectivity index (χ3v) is 2.29. The van der Waals surface area contributed by atoms with Crippen molar-refractivity contribution in [1.82, 2.24) is 20.3 Å². The molecule has 1 unspecified atom stereocenters. The third kappa shape index (κ3) is 4.88. The summed E-state index contributed by atoms with van der Waals surface area (Å²) in [4.78, 5) is 11.4. The maximum Gasteiger partial charge on any atom is 0.220 e. The fourth-order valence-corrected chi connectivity index (χ4v) is 1.29. The molecule has 1 heterocycles. The number of aromatic nitrogens is 3. The molecule has 90 valence electrons. The Morgan fingerprint density at radius 3 is 3.06 bits per heavy atom. The van der Waals surface area contributed by atoms with E-state index >= 15 is 0 Å². The van der Waals surface area contributed by atoms with E-state index in [1.807, 2.05) is 6.92 Å². The molecule has 0 saturated heterocycles. The Hall–Kier alpha value is -1.43. The molecule has 0 aliphatic heterocycles. The number of hydrogen-bond acceptors (Lipinski definition) is 4. The molecule has 0 radical (unpaired) electrons. The van der Waals surface area contributed by atoms with E-state index in [0.29, 0.717) is 19.5 Å². The minimum atomic E-state index is 0.0662. The monoisotopic (exact) mass is 225 g/mol. The molecule has 6 heteroatoms.